The summed E-state index contributed by atoms with van der Waals surface area (Å²) in [6.07, 6.45) is 1.08. The van der Waals surface area contributed by atoms with Gasteiger partial charge >= 0.3 is 0 Å². The van der Waals surface area contributed by atoms with E-state index in [0.717, 1.165) is 23.3 Å². The maximum absolute atomic E-state index is 12.4. The molecule has 0 spiro atoms. The topological polar surface area (TPSA) is 89.3 Å². The number of nitrogens with one attached hydrogen (secondary N) is 1. The summed E-state index contributed by atoms with van der Waals surface area (Å²) < 4.78 is 28.6. The van der Waals surface area contributed by atoms with Gasteiger partial charge in [0.05, 0.1) is 15.5 Å². The summed E-state index contributed by atoms with van der Waals surface area (Å²) in [5.41, 5.74) is 2.39. The highest BCUT2D eigenvalue weighted by Gasteiger charge is 2.15. The fraction of sp³-hybridized carbons (Fsp3) is 0.158. The van der Waals surface area contributed by atoms with Crippen LogP contribution in [0.25, 0.3) is 11.3 Å². The molecule has 8 heteroatoms. The maximum Gasteiger partial charge on any atom is 0.257 e. The molecule has 0 aliphatic heterocycles. The Bertz CT molecular complexity index is 1120. The SMILES string of the molecule is Cc1nc(-c2ccc(NC(=O)c3ccc(S(C)(=O)=O)cc3Cl)cc2)c(C)o1. The molecular weight excluding hydrogens is 388 g/mol. The van der Waals surface area contributed by atoms with Gasteiger partial charge in [0.25, 0.3) is 5.91 Å². The second kappa shape index (κ2) is 7.17. The zero-order valence-corrected chi connectivity index (χ0v) is 16.5. The molecule has 27 heavy (non-hydrogen) atoms. The van der Waals surface area contributed by atoms with Crippen LogP contribution in [0.4, 0.5) is 5.69 Å². The number of anilines is 1. The maximum atomic E-state index is 12.4. The van der Waals surface area contributed by atoms with E-state index in [1.54, 1.807) is 19.1 Å². The molecule has 0 radical (unpaired) electrons. The molecule has 140 valence electrons. The Morgan fingerprint density at radius 1 is 1.11 bits per heavy atom. The lowest BCUT2D eigenvalue weighted by atomic mass is 10.1. The summed E-state index contributed by atoms with van der Waals surface area (Å²) in [6.45, 7) is 3.62. The van der Waals surface area contributed by atoms with Crippen molar-refractivity contribution in [2.24, 2.45) is 0 Å². The summed E-state index contributed by atoms with van der Waals surface area (Å²) in [5, 5.41) is 2.81. The number of rotatable bonds is 4. The molecule has 0 aliphatic carbocycles. The van der Waals surface area contributed by atoms with Crippen molar-refractivity contribution >= 4 is 33.0 Å². The number of amides is 1. The fourth-order valence-electron chi connectivity index (χ4n) is 2.62. The number of oxazole rings is 1. The van der Waals surface area contributed by atoms with Crippen molar-refractivity contribution < 1.29 is 17.6 Å². The van der Waals surface area contributed by atoms with Crippen LogP contribution in [0.5, 0.6) is 0 Å². The van der Waals surface area contributed by atoms with Crippen molar-refractivity contribution in [3.63, 3.8) is 0 Å². The van der Waals surface area contributed by atoms with Crippen LogP contribution in [0, 0.1) is 13.8 Å². The first-order valence-electron chi connectivity index (χ1n) is 8.00. The monoisotopic (exact) mass is 404 g/mol. The first-order valence-corrected chi connectivity index (χ1v) is 10.3. The van der Waals surface area contributed by atoms with Gasteiger partial charge in [0.2, 0.25) is 0 Å². The summed E-state index contributed by atoms with van der Waals surface area (Å²) in [5.74, 6) is 0.885. The largest absolute Gasteiger partial charge is 0.446 e. The van der Waals surface area contributed by atoms with E-state index in [1.165, 1.54) is 18.2 Å². The van der Waals surface area contributed by atoms with Crippen LogP contribution in [0.2, 0.25) is 5.02 Å². The molecule has 3 aromatic rings. The molecule has 6 nitrogen and oxygen atoms in total. The molecule has 0 fully saturated rings. The van der Waals surface area contributed by atoms with E-state index in [2.05, 4.69) is 10.3 Å². The Morgan fingerprint density at radius 3 is 2.30 bits per heavy atom. The number of benzene rings is 2. The molecule has 0 bridgehead atoms. The second-order valence-electron chi connectivity index (χ2n) is 6.08. The van der Waals surface area contributed by atoms with Crippen molar-refractivity contribution in [1.82, 2.24) is 4.98 Å². The number of halogens is 1. The van der Waals surface area contributed by atoms with E-state index in [-0.39, 0.29) is 15.5 Å². The van der Waals surface area contributed by atoms with Gasteiger partial charge in [-0.15, -0.1) is 0 Å². The number of hydrogen-bond donors (Lipinski definition) is 1. The van der Waals surface area contributed by atoms with Crippen molar-refractivity contribution in [2.45, 2.75) is 18.7 Å². The van der Waals surface area contributed by atoms with E-state index < -0.39 is 15.7 Å². The van der Waals surface area contributed by atoms with Gasteiger partial charge in [-0.3, -0.25) is 4.79 Å². The van der Waals surface area contributed by atoms with E-state index in [1.807, 2.05) is 19.1 Å². The Balaban J connectivity index is 1.79. The third-order valence-electron chi connectivity index (χ3n) is 3.93. The van der Waals surface area contributed by atoms with E-state index >= 15 is 0 Å². The lowest BCUT2D eigenvalue weighted by Crippen LogP contribution is -2.13. The zero-order valence-electron chi connectivity index (χ0n) is 14.9. The molecule has 0 saturated heterocycles. The molecule has 1 amide bonds. The Hall–Kier alpha value is -2.64. The molecular formula is C19H17ClN2O4S. The number of hydrogen-bond acceptors (Lipinski definition) is 5. The Kier molecular flexibility index (Phi) is 5.08. The minimum Gasteiger partial charge on any atom is -0.446 e. The number of aryl methyl sites for hydroxylation is 2. The minimum atomic E-state index is -3.39. The molecule has 3 rings (SSSR count). The van der Waals surface area contributed by atoms with Crippen LogP contribution in [0.1, 0.15) is 22.0 Å². The van der Waals surface area contributed by atoms with Gasteiger partial charge in [0, 0.05) is 24.4 Å². The fourth-order valence-corrected chi connectivity index (χ4v) is 3.60. The molecule has 1 aromatic heterocycles. The van der Waals surface area contributed by atoms with Crippen LogP contribution in [0.3, 0.4) is 0 Å². The van der Waals surface area contributed by atoms with Gasteiger partial charge in [0.1, 0.15) is 11.5 Å². The number of nitrogens with zero attached hydrogens (tertiary/aromatic N) is 1. The van der Waals surface area contributed by atoms with E-state index in [4.69, 9.17) is 16.0 Å². The standard InChI is InChI=1S/C19H17ClN2O4S/c1-11-18(21-12(2)26-11)13-4-6-14(7-5-13)22-19(23)16-9-8-15(10-17(16)20)27(3,24)25/h4-10H,1-3H3,(H,22,23). The number of carbonyl (C=O) groups is 1. The number of sulfone groups is 1. The third kappa shape index (κ3) is 4.20. The second-order valence-corrected chi connectivity index (χ2v) is 8.51. The van der Waals surface area contributed by atoms with Gasteiger partial charge in [-0.25, -0.2) is 13.4 Å². The van der Waals surface area contributed by atoms with Crippen molar-refractivity contribution in [2.75, 3.05) is 11.6 Å². The predicted molar refractivity (Wildman–Crippen MR) is 104 cm³/mol. The van der Waals surface area contributed by atoms with Gasteiger partial charge in [-0.05, 0) is 37.3 Å². The first kappa shape index (κ1) is 19.1. The molecule has 2 aromatic carbocycles. The average molecular weight is 405 g/mol. The normalized spacial score (nSPS) is 11.4. The molecule has 0 atom stereocenters. The van der Waals surface area contributed by atoms with Crippen molar-refractivity contribution in [1.29, 1.82) is 0 Å². The zero-order chi connectivity index (χ0) is 19.8. The summed E-state index contributed by atoms with van der Waals surface area (Å²) in [6, 6.07) is 11.2. The van der Waals surface area contributed by atoms with Crippen LogP contribution in [0.15, 0.2) is 51.8 Å². The lowest BCUT2D eigenvalue weighted by Gasteiger charge is -2.08. The average Bonchev–Trinajstić information content (AvgIpc) is 2.93. The number of aromatic nitrogens is 1. The summed E-state index contributed by atoms with van der Waals surface area (Å²) in [4.78, 5) is 16.8. The van der Waals surface area contributed by atoms with Crippen molar-refractivity contribution in [3.8, 4) is 11.3 Å². The Labute approximate surface area is 162 Å². The number of carbonyl (C=O) groups excluding carboxylic acids is 1. The quantitative estimate of drug-likeness (QED) is 0.701. The highest BCUT2D eigenvalue weighted by molar-refractivity contribution is 7.90. The van der Waals surface area contributed by atoms with Gasteiger partial charge in [-0.2, -0.15) is 0 Å². The Morgan fingerprint density at radius 2 is 1.78 bits per heavy atom. The highest BCUT2D eigenvalue weighted by atomic mass is 35.5. The molecule has 1 N–H and O–H groups in total. The van der Waals surface area contributed by atoms with Crippen LogP contribution >= 0.6 is 11.6 Å². The van der Waals surface area contributed by atoms with Crippen LogP contribution in [-0.4, -0.2) is 25.6 Å². The highest BCUT2D eigenvalue weighted by Crippen LogP contribution is 2.26. The predicted octanol–water partition coefficient (Wildman–Crippen LogP) is 4.27. The lowest BCUT2D eigenvalue weighted by molar-refractivity contribution is 0.102. The molecule has 0 saturated carbocycles. The van der Waals surface area contributed by atoms with Crippen LogP contribution < -0.4 is 5.32 Å². The van der Waals surface area contributed by atoms with E-state index in [0.29, 0.717) is 11.6 Å². The summed E-state index contributed by atoms with van der Waals surface area (Å²) in [7, 11) is -3.39. The smallest absolute Gasteiger partial charge is 0.257 e. The summed E-state index contributed by atoms with van der Waals surface area (Å²) >= 11 is 6.08. The van der Waals surface area contributed by atoms with Crippen molar-refractivity contribution in [3.05, 3.63) is 64.7 Å². The molecule has 1 heterocycles. The van der Waals surface area contributed by atoms with E-state index in [9.17, 15) is 13.2 Å². The van der Waals surface area contributed by atoms with Gasteiger partial charge in [-0.1, -0.05) is 23.7 Å². The third-order valence-corrected chi connectivity index (χ3v) is 5.36. The van der Waals surface area contributed by atoms with Gasteiger partial charge in [0.15, 0.2) is 15.7 Å². The molecule has 0 aliphatic rings. The minimum absolute atomic E-state index is 0.0617. The first-order chi connectivity index (χ1) is 12.6. The van der Waals surface area contributed by atoms with Gasteiger partial charge < -0.3 is 9.73 Å². The molecule has 0 unspecified atom stereocenters. The van der Waals surface area contributed by atoms with Crippen LogP contribution in [-0.2, 0) is 9.84 Å².